The van der Waals surface area contributed by atoms with E-state index < -0.39 is 0 Å². The third-order valence-electron chi connectivity index (χ3n) is 4.27. The first kappa shape index (κ1) is 17.0. The first-order valence-corrected chi connectivity index (χ1v) is 9.23. The van der Waals surface area contributed by atoms with Crippen LogP contribution < -0.4 is 15.0 Å². The Morgan fingerprint density at radius 1 is 1.29 bits per heavy atom. The normalized spacial score (nSPS) is 18.5. The standard InChI is InChI=1S/C18H26N4OS/c1-18(2,3)16-20-17(24-21-16)19-13-8-7-11-22(12-13)14-9-5-6-10-15(14)23-4/h5-6,9-10,13H,7-8,11-12H2,1-4H3,(H,19,20,21). The van der Waals surface area contributed by atoms with E-state index in [1.807, 2.05) is 12.1 Å². The van der Waals surface area contributed by atoms with Gasteiger partial charge in [-0.25, -0.2) is 4.98 Å². The van der Waals surface area contributed by atoms with Gasteiger partial charge in [0.15, 0.2) is 0 Å². The summed E-state index contributed by atoms with van der Waals surface area (Å²) in [5, 5.41) is 4.50. The van der Waals surface area contributed by atoms with E-state index in [1.54, 1.807) is 7.11 Å². The molecule has 6 heteroatoms. The Kier molecular flexibility index (Phi) is 4.94. The molecule has 1 aromatic heterocycles. The first-order valence-electron chi connectivity index (χ1n) is 8.46. The summed E-state index contributed by atoms with van der Waals surface area (Å²) in [5.74, 6) is 1.84. The van der Waals surface area contributed by atoms with Gasteiger partial charge in [0.2, 0.25) is 5.13 Å². The van der Waals surface area contributed by atoms with Crippen LogP contribution in [0, 0.1) is 0 Å². The van der Waals surface area contributed by atoms with Gasteiger partial charge in [-0.15, -0.1) is 0 Å². The number of nitrogens with zero attached hydrogens (tertiary/aromatic N) is 3. The molecule has 1 N–H and O–H groups in total. The molecule has 1 fully saturated rings. The number of benzene rings is 1. The molecule has 0 spiro atoms. The minimum atomic E-state index is -0.00750. The van der Waals surface area contributed by atoms with Gasteiger partial charge in [0.05, 0.1) is 12.8 Å². The van der Waals surface area contributed by atoms with Crippen molar-refractivity contribution < 1.29 is 4.74 Å². The lowest BCUT2D eigenvalue weighted by molar-refractivity contribution is 0.411. The highest BCUT2D eigenvalue weighted by molar-refractivity contribution is 7.09. The molecule has 0 bridgehead atoms. The highest BCUT2D eigenvalue weighted by Gasteiger charge is 2.24. The summed E-state index contributed by atoms with van der Waals surface area (Å²) in [5.41, 5.74) is 1.16. The zero-order valence-electron chi connectivity index (χ0n) is 14.9. The van der Waals surface area contributed by atoms with Gasteiger partial charge >= 0.3 is 0 Å². The van der Waals surface area contributed by atoms with E-state index in [-0.39, 0.29) is 5.41 Å². The number of piperidine rings is 1. The van der Waals surface area contributed by atoms with E-state index in [1.165, 1.54) is 17.2 Å². The zero-order chi connectivity index (χ0) is 17.2. The van der Waals surface area contributed by atoms with Crippen molar-refractivity contribution in [2.75, 3.05) is 30.4 Å². The molecular formula is C18H26N4OS. The topological polar surface area (TPSA) is 50.3 Å². The molecule has 0 radical (unpaired) electrons. The quantitative estimate of drug-likeness (QED) is 0.909. The molecule has 1 atom stereocenters. The van der Waals surface area contributed by atoms with E-state index in [2.05, 4.69) is 52.5 Å². The Morgan fingerprint density at radius 2 is 2.08 bits per heavy atom. The van der Waals surface area contributed by atoms with Gasteiger partial charge in [-0.1, -0.05) is 32.9 Å². The van der Waals surface area contributed by atoms with Crippen LogP contribution in [0.15, 0.2) is 24.3 Å². The SMILES string of the molecule is COc1ccccc1N1CCCC(Nc2nc(C(C)(C)C)ns2)C1. The second-order valence-electron chi connectivity index (χ2n) is 7.27. The molecule has 3 rings (SSSR count). The number of aromatic nitrogens is 2. The summed E-state index contributed by atoms with van der Waals surface area (Å²) in [6.07, 6.45) is 2.30. The maximum atomic E-state index is 5.51. The number of anilines is 2. The fourth-order valence-electron chi connectivity index (χ4n) is 2.97. The van der Waals surface area contributed by atoms with E-state index in [0.717, 1.165) is 42.6 Å². The summed E-state index contributed by atoms with van der Waals surface area (Å²) in [6, 6.07) is 8.60. The Balaban J connectivity index is 1.69. The van der Waals surface area contributed by atoms with Crippen molar-refractivity contribution in [3.05, 3.63) is 30.1 Å². The average molecular weight is 347 g/mol. The van der Waals surface area contributed by atoms with Crippen molar-refractivity contribution in [3.8, 4) is 5.75 Å². The van der Waals surface area contributed by atoms with Gasteiger partial charge in [0.1, 0.15) is 11.6 Å². The summed E-state index contributed by atoms with van der Waals surface area (Å²) in [6.45, 7) is 8.43. The lowest BCUT2D eigenvalue weighted by Crippen LogP contribution is -2.42. The molecule has 24 heavy (non-hydrogen) atoms. The number of para-hydroxylation sites is 2. The molecule has 1 aliphatic rings. The zero-order valence-corrected chi connectivity index (χ0v) is 15.7. The van der Waals surface area contributed by atoms with Crippen molar-refractivity contribution in [1.29, 1.82) is 0 Å². The number of methoxy groups -OCH3 is 1. The first-order chi connectivity index (χ1) is 11.5. The van der Waals surface area contributed by atoms with Crippen molar-refractivity contribution in [1.82, 2.24) is 9.36 Å². The fraction of sp³-hybridized carbons (Fsp3) is 0.556. The average Bonchev–Trinajstić information content (AvgIpc) is 3.04. The van der Waals surface area contributed by atoms with Crippen molar-refractivity contribution in [2.24, 2.45) is 0 Å². The Bertz CT molecular complexity index is 680. The van der Waals surface area contributed by atoms with Crippen molar-refractivity contribution >= 4 is 22.4 Å². The predicted octanol–water partition coefficient (Wildman–Crippen LogP) is 3.93. The van der Waals surface area contributed by atoms with Crippen LogP contribution in [-0.4, -0.2) is 35.6 Å². The third kappa shape index (κ3) is 3.80. The van der Waals surface area contributed by atoms with Crippen LogP contribution in [0.2, 0.25) is 0 Å². The molecule has 0 aliphatic carbocycles. The number of rotatable bonds is 4. The molecule has 2 aromatic rings. The number of hydrogen-bond donors (Lipinski definition) is 1. The van der Waals surface area contributed by atoms with Crippen LogP contribution in [-0.2, 0) is 5.41 Å². The van der Waals surface area contributed by atoms with E-state index in [9.17, 15) is 0 Å². The van der Waals surface area contributed by atoms with Crippen LogP contribution in [0.1, 0.15) is 39.4 Å². The Labute approximate surface area is 148 Å². The van der Waals surface area contributed by atoms with Crippen molar-refractivity contribution in [2.45, 2.75) is 45.1 Å². The second kappa shape index (κ2) is 6.97. The van der Waals surface area contributed by atoms with Crippen LogP contribution in [0.5, 0.6) is 5.75 Å². The molecule has 1 aromatic carbocycles. The number of hydrogen-bond acceptors (Lipinski definition) is 6. The molecule has 130 valence electrons. The van der Waals surface area contributed by atoms with E-state index in [0.29, 0.717) is 6.04 Å². The third-order valence-corrected chi connectivity index (χ3v) is 4.92. The Morgan fingerprint density at radius 3 is 2.79 bits per heavy atom. The highest BCUT2D eigenvalue weighted by Crippen LogP contribution is 2.31. The van der Waals surface area contributed by atoms with Crippen LogP contribution >= 0.6 is 11.5 Å². The van der Waals surface area contributed by atoms with Gasteiger partial charge in [-0.3, -0.25) is 0 Å². The molecular weight excluding hydrogens is 320 g/mol. The van der Waals surface area contributed by atoms with Gasteiger partial charge < -0.3 is 15.0 Å². The fourth-order valence-corrected chi connectivity index (χ4v) is 3.80. The van der Waals surface area contributed by atoms with Crippen molar-refractivity contribution in [3.63, 3.8) is 0 Å². The minimum Gasteiger partial charge on any atom is -0.495 e. The monoisotopic (exact) mass is 346 g/mol. The summed E-state index contributed by atoms with van der Waals surface area (Å²) in [4.78, 5) is 7.05. The molecule has 5 nitrogen and oxygen atoms in total. The summed E-state index contributed by atoms with van der Waals surface area (Å²) in [7, 11) is 1.73. The van der Waals surface area contributed by atoms with Gasteiger partial charge in [-0.05, 0) is 25.0 Å². The Hall–Kier alpha value is -1.82. The summed E-state index contributed by atoms with van der Waals surface area (Å²) < 4.78 is 10.0. The summed E-state index contributed by atoms with van der Waals surface area (Å²) >= 11 is 1.46. The van der Waals surface area contributed by atoms with Gasteiger partial charge in [-0.2, -0.15) is 4.37 Å². The molecule has 1 unspecified atom stereocenters. The maximum absolute atomic E-state index is 5.51. The van der Waals surface area contributed by atoms with Crippen LogP contribution in [0.3, 0.4) is 0 Å². The molecule has 1 saturated heterocycles. The lowest BCUT2D eigenvalue weighted by Gasteiger charge is -2.35. The molecule has 1 aliphatic heterocycles. The highest BCUT2D eigenvalue weighted by atomic mass is 32.1. The van der Waals surface area contributed by atoms with E-state index in [4.69, 9.17) is 4.74 Å². The second-order valence-corrected chi connectivity index (χ2v) is 8.03. The van der Waals surface area contributed by atoms with Crippen LogP contribution in [0.4, 0.5) is 10.8 Å². The predicted molar refractivity (Wildman–Crippen MR) is 100 cm³/mol. The van der Waals surface area contributed by atoms with Crippen LogP contribution in [0.25, 0.3) is 0 Å². The van der Waals surface area contributed by atoms with Gasteiger partial charge in [0, 0.05) is 36.1 Å². The molecule has 0 amide bonds. The van der Waals surface area contributed by atoms with Gasteiger partial charge in [0.25, 0.3) is 0 Å². The maximum Gasteiger partial charge on any atom is 0.202 e. The smallest absolute Gasteiger partial charge is 0.202 e. The lowest BCUT2D eigenvalue weighted by atomic mass is 9.96. The number of ether oxygens (including phenoxy) is 1. The number of nitrogens with one attached hydrogen (secondary N) is 1. The largest absolute Gasteiger partial charge is 0.495 e. The minimum absolute atomic E-state index is 0.00750. The molecule has 0 saturated carbocycles. The van der Waals surface area contributed by atoms with E-state index >= 15 is 0 Å². The molecule has 2 heterocycles.